The maximum absolute atomic E-state index is 13.2. The van der Waals surface area contributed by atoms with E-state index in [0.29, 0.717) is 17.2 Å². The van der Waals surface area contributed by atoms with Crippen LogP contribution in [-0.4, -0.2) is 12.7 Å². The zero-order valence-electron chi connectivity index (χ0n) is 10.7. The largest absolute Gasteiger partial charge is 0.454 e. The van der Waals surface area contributed by atoms with Crippen LogP contribution in [0.5, 0.6) is 11.5 Å². The molecule has 0 spiro atoms. The van der Waals surface area contributed by atoms with Crippen molar-refractivity contribution in [2.45, 2.75) is 0 Å². The first-order valence-electron chi connectivity index (χ1n) is 6.00. The van der Waals surface area contributed by atoms with Crippen molar-refractivity contribution >= 4 is 33.2 Å². The fraction of sp³-hybridized carbons (Fsp3) is 0.0714. The Hall–Kier alpha value is -2.28. The number of anilines is 2. The van der Waals surface area contributed by atoms with E-state index in [0.717, 1.165) is 0 Å². The van der Waals surface area contributed by atoms with Crippen molar-refractivity contribution in [3.05, 3.63) is 46.2 Å². The van der Waals surface area contributed by atoms with Crippen molar-refractivity contribution < 1.29 is 18.7 Å². The van der Waals surface area contributed by atoms with E-state index < -0.39 is 11.7 Å². The molecule has 3 N–H and O–H groups in total. The van der Waals surface area contributed by atoms with Crippen molar-refractivity contribution in [3.8, 4) is 11.5 Å². The minimum absolute atomic E-state index is 0.102. The Balaban J connectivity index is 1.87. The van der Waals surface area contributed by atoms with E-state index in [2.05, 4.69) is 21.2 Å². The van der Waals surface area contributed by atoms with Gasteiger partial charge in [-0.15, -0.1) is 0 Å². The van der Waals surface area contributed by atoms with E-state index in [1.165, 1.54) is 30.3 Å². The van der Waals surface area contributed by atoms with Gasteiger partial charge in [-0.25, -0.2) is 4.39 Å². The number of nitrogen functional groups attached to an aromatic ring is 1. The molecule has 0 unspecified atom stereocenters. The van der Waals surface area contributed by atoms with Gasteiger partial charge in [-0.2, -0.15) is 0 Å². The molecule has 0 aromatic heterocycles. The Kier molecular flexibility index (Phi) is 3.42. The molecule has 3 rings (SSSR count). The second-order valence-corrected chi connectivity index (χ2v) is 5.23. The highest BCUT2D eigenvalue weighted by molar-refractivity contribution is 9.10. The van der Waals surface area contributed by atoms with Crippen LogP contribution in [0.4, 0.5) is 15.8 Å². The number of fused-ring (bicyclic) bond motifs is 1. The Bertz CT molecular complexity index is 736. The summed E-state index contributed by atoms with van der Waals surface area (Å²) < 4.78 is 23.8. The molecule has 108 valence electrons. The smallest absolute Gasteiger partial charge is 0.257 e. The maximum Gasteiger partial charge on any atom is 0.257 e. The molecule has 0 radical (unpaired) electrons. The Morgan fingerprint density at radius 3 is 2.67 bits per heavy atom. The number of carbonyl (C=O) groups is 1. The lowest BCUT2D eigenvalue weighted by atomic mass is 10.1. The third-order valence-electron chi connectivity index (χ3n) is 2.97. The van der Waals surface area contributed by atoms with Gasteiger partial charge >= 0.3 is 0 Å². The summed E-state index contributed by atoms with van der Waals surface area (Å²) in [6, 6.07) is 7.24. The van der Waals surface area contributed by atoms with Gasteiger partial charge in [0.05, 0.1) is 10.0 Å². The summed E-state index contributed by atoms with van der Waals surface area (Å²) in [5.41, 5.74) is 6.83. The zero-order valence-corrected chi connectivity index (χ0v) is 12.2. The van der Waals surface area contributed by atoms with Crippen LogP contribution in [0.1, 0.15) is 10.4 Å². The van der Waals surface area contributed by atoms with Gasteiger partial charge in [-0.1, -0.05) is 0 Å². The van der Waals surface area contributed by atoms with Crippen LogP contribution in [0, 0.1) is 5.82 Å². The molecule has 0 atom stereocenters. The highest BCUT2D eigenvalue weighted by Crippen LogP contribution is 2.36. The first-order valence-corrected chi connectivity index (χ1v) is 6.79. The normalized spacial score (nSPS) is 12.3. The number of amides is 1. The average molecular weight is 353 g/mol. The molecule has 1 amide bonds. The summed E-state index contributed by atoms with van der Waals surface area (Å²) in [4.78, 5) is 12.2. The number of nitrogens with two attached hydrogens (primary N) is 1. The molecule has 0 bridgehead atoms. The molecule has 2 aromatic rings. The van der Waals surface area contributed by atoms with Crippen LogP contribution in [0.25, 0.3) is 0 Å². The number of carbonyl (C=O) groups excluding carboxylic acids is 1. The van der Waals surface area contributed by atoms with Crippen molar-refractivity contribution in [1.29, 1.82) is 0 Å². The van der Waals surface area contributed by atoms with Gasteiger partial charge < -0.3 is 20.5 Å². The number of rotatable bonds is 2. The SMILES string of the molecule is Nc1cc2c(cc1C(=O)Nc1ccc(F)c(Br)c1)OCO2. The number of halogens is 2. The summed E-state index contributed by atoms with van der Waals surface area (Å²) >= 11 is 3.06. The third-order valence-corrected chi connectivity index (χ3v) is 3.57. The zero-order chi connectivity index (χ0) is 15.0. The molecular formula is C14H10BrFN2O3. The van der Waals surface area contributed by atoms with Crippen molar-refractivity contribution in [2.75, 3.05) is 17.8 Å². The van der Waals surface area contributed by atoms with Gasteiger partial charge in [0.25, 0.3) is 5.91 Å². The molecule has 1 aliphatic heterocycles. The van der Waals surface area contributed by atoms with Gasteiger partial charge in [0.1, 0.15) is 5.82 Å². The number of nitrogens with one attached hydrogen (secondary N) is 1. The quantitative estimate of drug-likeness (QED) is 0.814. The highest BCUT2D eigenvalue weighted by atomic mass is 79.9. The molecule has 0 saturated carbocycles. The van der Waals surface area contributed by atoms with Gasteiger partial charge in [0.2, 0.25) is 6.79 Å². The monoisotopic (exact) mass is 352 g/mol. The third kappa shape index (κ3) is 2.64. The van der Waals surface area contributed by atoms with Crippen molar-refractivity contribution in [2.24, 2.45) is 0 Å². The molecule has 21 heavy (non-hydrogen) atoms. The Morgan fingerprint density at radius 2 is 1.95 bits per heavy atom. The van der Waals surface area contributed by atoms with E-state index in [9.17, 15) is 9.18 Å². The lowest BCUT2D eigenvalue weighted by Gasteiger charge is -2.09. The predicted molar refractivity (Wildman–Crippen MR) is 79.0 cm³/mol. The molecule has 0 saturated heterocycles. The topological polar surface area (TPSA) is 73.6 Å². The van der Waals surface area contributed by atoms with Crippen LogP contribution in [0.3, 0.4) is 0 Å². The lowest BCUT2D eigenvalue weighted by molar-refractivity contribution is 0.102. The lowest BCUT2D eigenvalue weighted by Crippen LogP contribution is -2.14. The molecule has 0 fully saturated rings. The van der Waals surface area contributed by atoms with Crippen LogP contribution < -0.4 is 20.5 Å². The standard InChI is InChI=1S/C14H10BrFN2O3/c15-9-3-7(1-2-10(9)16)18-14(19)8-4-12-13(5-11(8)17)21-6-20-12/h1-5H,6,17H2,(H,18,19). The van der Waals surface area contributed by atoms with Gasteiger partial charge in [0, 0.05) is 17.4 Å². The second kappa shape index (κ2) is 5.25. The minimum atomic E-state index is -0.413. The summed E-state index contributed by atoms with van der Waals surface area (Å²) in [5.74, 6) is 0.156. The molecule has 5 nitrogen and oxygen atoms in total. The van der Waals surface area contributed by atoms with Gasteiger partial charge in [-0.05, 0) is 40.2 Å². The van der Waals surface area contributed by atoms with Crippen molar-refractivity contribution in [3.63, 3.8) is 0 Å². The molecule has 2 aromatic carbocycles. The number of hydrogen-bond acceptors (Lipinski definition) is 4. The average Bonchev–Trinajstić information content (AvgIpc) is 2.89. The molecule has 1 heterocycles. The van der Waals surface area contributed by atoms with Crippen molar-refractivity contribution in [1.82, 2.24) is 0 Å². The molecule has 1 aliphatic rings. The van der Waals surface area contributed by atoms with Crippen LogP contribution in [0.2, 0.25) is 0 Å². The van der Waals surface area contributed by atoms with Crippen LogP contribution >= 0.6 is 15.9 Å². The molecule has 0 aliphatic carbocycles. The van der Waals surface area contributed by atoms with Crippen LogP contribution in [0.15, 0.2) is 34.8 Å². The maximum atomic E-state index is 13.2. The summed E-state index contributed by atoms with van der Waals surface area (Å²) in [7, 11) is 0. The number of hydrogen-bond donors (Lipinski definition) is 2. The van der Waals surface area contributed by atoms with E-state index in [4.69, 9.17) is 15.2 Å². The number of benzene rings is 2. The number of ether oxygens (including phenoxy) is 2. The van der Waals surface area contributed by atoms with E-state index in [1.807, 2.05) is 0 Å². The Labute approximate surface area is 128 Å². The summed E-state index contributed by atoms with van der Waals surface area (Å²) in [6.45, 7) is 0.102. The molecule has 7 heteroatoms. The van der Waals surface area contributed by atoms with E-state index >= 15 is 0 Å². The van der Waals surface area contributed by atoms with Gasteiger partial charge in [-0.3, -0.25) is 4.79 Å². The highest BCUT2D eigenvalue weighted by Gasteiger charge is 2.19. The van der Waals surface area contributed by atoms with Gasteiger partial charge in [0.15, 0.2) is 11.5 Å². The summed E-state index contributed by atoms with van der Waals surface area (Å²) in [5, 5.41) is 2.65. The minimum Gasteiger partial charge on any atom is -0.454 e. The molecular weight excluding hydrogens is 343 g/mol. The first-order chi connectivity index (χ1) is 10.0. The van der Waals surface area contributed by atoms with E-state index in [-0.39, 0.29) is 22.5 Å². The van der Waals surface area contributed by atoms with E-state index in [1.54, 1.807) is 0 Å². The van der Waals surface area contributed by atoms with Crippen LogP contribution in [-0.2, 0) is 0 Å². The first kappa shape index (κ1) is 13.7. The predicted octanol–water partition coefficient (Wildman–Crippen LogP) is 3.15. The summed E-state index contributed by atoms with van der Waals surface area (Å²) in [6.07, 6.45) is 0. The second-order valence-electron chi connectivity index (χ2n) is 4.38. The Morgan fingerprint density at radius 1 is 1.24 bits per heavy atom. The fourth-order valence-corrected chi connectivity index (χ4v) is 2.31. The fourth-order valence-electron chi connectivity index (χ4n) is 1.93.